The number of carbonyl (C=O) groups excluding carboxylic acids is 1. The van der Waals surface area contributed by atoms with Crippen molar-refractivity contribution in [2.75, 3.05) is 19.7 Å². The third-order valence-corrected chi connectivity index (χ3v) is 3.47. The molecular formula is C13H18ClN3O2. The SMILES string of the molecule is CC(C)(C)[C@@H]1CN(C(=O)c2ncncc2Cl)CCO1. The topological polar surface area (TPSA) is 55.3 Å². The van der Waals surface area contributed by atoms with Crippen molar-refractivity contribution in [2.24, 2.45) is 5.41 Å². The van der Waals surface area contributed by atoms with Crippen molar-refractivity contribution in [1.82, 2.24) is 14.9 Å². The van der Waals surface area contributed by atoms with Gasteiger partial charge in [-0.2, -0.15) is 0 Å². The molecule has 1 amide bonds. The Hall–Kier alpha value is -1.20. The lowest BCUT2D eigenvalue weighted by atomic mass is 9.88. The minimum absolute atomic E-state index is 0.00554. The summed E-state index contributed by atoms with van der Waals surface area (Å²) in [5.74, 6) is -0.162. The van der Waals surface area contributed by atoms with Crippen LogP contribution in [-0.2, 0) is 4.74 Å². The van der Waals surface area contributed by atoms with E-state index in [0.29, 0.717) is 19.7 Å². The minimum Gasteiger partial charge on any atom is -0.374 e. The molecule has 1 aromatic heterocycles. The number of aromatic nitrogens is 2. The summed E-state index contributed by atoms with van der Waals surface area (Å²) < 4.78 is 5.73. The van der Waals surface area contributed by atoms with E-state index in [9.17, 15) is 4.79 Å². The fourth-order valence-electron chi connectivity index (χ4n) is 1.98. The predicted octanol–water partition coefficient (Wildman–Crippen LogP) is 2.02. The summed E-state index contributed by atoms with van der Waals surface area (Å²) in [5.41, 5.74) is 0.250. The van der Waals surface area contributed by atoms with Crippen LogP contribution in [0.4, 0.5) is 0 Å². The highest BCUT2D eigenvalue weighted by atomic mass is 35.5. The first-order valence-electron chi connectivity index (χ1n) is 6.26. The van der Waals surface area contributed by atoms with Crippen molar-refractivity contribution >= 4 is 17.5 Å². The van der Waals surface area contributed by atoms with Gasteiger partial charge >= 0.3 is 0 Å². The van der Waals surface area contributed by atoms with Gasteiger partial charge in [0.15, 0.2) is 0 Å². The molecule has 0 N–H and O–H groups in total. The van der Waals surface area contributed by atoms with E-state index >= 15 is 0 Å². The third kappa shape index (κ3) is 3.22. The Morgan fingerprint density at radius 1 is 1.53 bits per heavy atom. The van der Waals surface area contributed by atoms with Crippen LogP contribution in [0.3, 0.4) is 0 Å². The molecule has 1 aliphatic rings. The summed E-state index contributed by atoms with van der Waals surface area (Å²) in [5, 5.41) is 0.284. The molecule has 0 bridgehead atoms. The highest BCUT2D eigenvalue weighted by Crippen LogP contribution is 2.26. The predicted molar refractivity (Wildman–Crippen MR) is 72.1 cm³/mol. The molecule has 5 nitrogen and oxygen atoms in total. The Morgan fingerprint density at radius 2 is 2.26 bits per heavy atom. The number of ether oxygens (including phenoxy) is 1. The van der Waals surface area contributed by atoms with E-state index in [1.165, 1.54) is 12.5 Å². The number of amides is 1. The van der Waals surface area contributed by atoms with E-state index in [0.717, 1.165) is 0 Å². The maximum absolute atomic E-state index is 12.4. The molecule has 0 aliphatic carbocycles. The van der Waals surface area contributed by atoms with E-state index in [2.05, 4.69) is 30.7 Å². The van der Waals surface area contributed by atoms with Gasteiger partial charge in [0.05, 0.1) is 17.7 Å². The van der Waals surface area contributed by atoms with E-state index in [1.54, 1.807) is 4.90 Å². The molecule has 1 aliphatic heterocycles. The van der Waals surface area contributed by atoms with Gasteiger partial charge in [0.25, 0.3) is 5.91 Å². The maximum Gasteiger partial charge on any atom is 0.274 e. The molecule has 0 aromatic carbocycles. The van der Waals surface area contributed by atoms with Crippen LogP contribution in [-0.4, -0.2) is 46.6 Å². The lowest BCUT2D eigenvalue weighted by Crippen LogP contribution is -2.50. The molecule has 2 heterocycles. The van der Waals surface area contributed by atoms with Crippen molar-refractivity contribution < 1.29 is 9.53 Å². The van der Waals surface area contributed by atoms with E-state index in [1.807, 2.05) is 0 Å². The van der Waals surface area contributed by atoms with Crippen molar-refractivity contribution in [2.45, 2.75) is 26.9 Å². The molecule has 104 valence electrons. The number of hydrogen-bond acceptors (Lipinski definition) is 4. The fraction of sp³-hybridized carbons (Fsp3) is 0.615. The first-order chi connectivity index (χ1) is 8.89. The average molecular weight is 284 g/mol. The summed E-state index contributed by atoms with van der Waals surface area (Å²) in [6, 6.07) is 0. The number of hydrogen-bond donors (Lipinski definition) is 0. The van der Waals surface area contributed by atoms with Gasteiger partial charge < -0.3 is 9.64 Å². The average Bonchev–Trinajstić information content (AvgIpc) is 2.38. The van der Waals surface area contributed by atoms with Crippen LogP contribution < -0.4 is 0 Å². The molecule has 0 radical (unpaired) electrons. The first-order valence-corrected chi connectivity index (χ1v) is 6.64. The smallest absolute Gasteiger partial charge is 0.274 e. The van der Waals surface area contributed by atoms with Crippen LogP contribution in [0.5, 0.6) is 0 Å². The zero-order valence-corrected chi connectivity index (χ0v) is 12.1. The summed E-state index contributed by atoms with van der Waals surface area (Å²) in [6.07, 6.45) is 2.79. The Balaban J connectivity index is 2.14. The molecule has 0 saturated carbocycles. The zero-order chi connectivity index (χ0) is 14.0. The third-order valence-electron chi connectivity index (χ3n) is 3.19. The maximum atomic E-state index is 12.4. The first kappa shape index (κ1) is 14.2. The van der Waals surface area contributed by atoms with Gasteiger partial charge in [-0.3, -0.25) is 4.79 Å². The molecule has 2 rings (SSSR count). The Bertz CT molecular complexity index is 473. The molecular weight excluding hydrogens is 266 g/mol. The molecule has 0 unspecified atom stereocenters. The van der Waals surface area contributed by atoms with Gasteiger partial charge in [-0.1, -0.05) is 32.4 Å². The van der Waals surface area contributed by atoms with Gasteiger partial charge in [0.1, 0.15) is 12.0 Å². The normalized spacial score (nSPS) is 20.4. The fourth-order valence-corrected chi connectivity index (χ4v) is 2.16. The van der Waals surface area contributed by atoms with Crippen LogP contribution in [0, 0.1) is 5.41 Å². The second-order valence-electron chi connectivity index (χ2n) is 5.70. The molecule has 1 atom stereocenters. The number of nitrogens with zero attached hydrogens (tertiary/aromatic N) is 3. The summed E-state index contributed by atoms with van der Waals surface area (Å²) in [6.45, 7) is 7.96. The van der Waals surface area contributed by atoms with Crippen LogP contribution in [0.1, 0.15) is 31.3 Å². The summed E-state index contributed by atoms with van der Waals surface area (Å²) in [7, 11) is 0. The Morgan fingerprint density at radius 3 is 2.89 bits per heavy atom. The standard InChI is InChI=1S/C13H18ClN3O2/c1-13(2,3)10-7-17(4-5-19-10)12(18)11-9(14)6-15-8-16-11/h6,8,10H,4-5,7H2,1-3H3/t10-/m0/s1. The quantitative estimate of drug-likeness (QED) is 0.791. The molecule has 1 fully saturated rings. The monoisotopic (exact) mass is 283 g/mol. The minimum atomic E-state index is -0.162. The van der Waals surface area contributed by atoms with E-state index < -0.39 is 0 Å². The second kappa shape index (κ2) is 5.43. The molecule has 1 saturated heterocycles. The number of rotatable bonds is 1. The van der Waals surface area contributed by atoms with Crippen LogP contribution in [0.15, 0.2) is 12.5 Å². The van der Waals surface area contributed by atoms with E-state index in [4.69, 9.17) is 16.3 Å². The highest BCUT2D eigenvalue weighted by Gasteiger charge is 2.33. The lowest BCUT2D eigenvalue weighted by molar-refractivity contribution is -0.0707. The lowest BCUT2D eigenvalue weighted by Gasteiger charge is -2.39. The van der Waals surface area contributed by atoms with Crippen molar-refractivity contribution in [1.29, 1.82) is 0 Å². The van der Waals surface area contributed by atoms with Crippen molar-refractivity contribution in [3.05, 3.63) is 23.2 Å². The molecule has 19 heavy (non-hydrogen) atoms. The number of morpholine rings is 1. The van der Waals surface area contributed by atoms with Crippen LogP contribution in [0.25, 0.3) is 0 Å². The summed E-state index contributed by atoms with van der Waals surface area (Å²) in [4.78, 5) is 21.9. The zero-order valence-electron chi connectivity index (χ0n) is 11.4. The van der Waals surface area contributed by atoms with Gasteiger partial charge in [-0.05, 0) is 5.41 Å². The Labute approximate surface area is 117 Å². The van der Waals surface area contributed by atoms with Crippen molar-refractivity contribution in [3.63, 3.8) is 0 Å². The molecule has 0 spiro atoms. The van der Waals surface area contributed by atoms with Gasteiger partial charge in [-0.15, -0.1) is 0 Å². The second-order valence-corrected chi connectivity index (χ2v) is 6.10. The highest BCUT2D eigenvalue weighted by molar-refractivity contribution is 6.33. The van der Waals surface area contributed by atoms with E-state index in [-0.39, 0.29) is 28.1 Å². The Kier molecular flexibility index (Phi) is 4.06. The van der Waals surface area contributed by atoms with Gasteiger partial charge in [-0.25, -0.2) is 9.97 Å². The van der Waals surface area contributed by atoms with Gasteiger partial charge in [0.2, 0.25) is 0 Å². The summed E-state index contributed by atoms with van der Waals surface area (Å²) >= 11 is 5.96. The van der Waals surface area contributed by atoms with Gasteiger partial charge in [0, 0.05) is 19.3 Å². The number of carbonyl (C=O) groups is 1. The number of halogens is 1. The molecule has 1 aromatic rings. The largest absolute Gasteiger partial charge is 0.374 e. The van der Waals surface area contributed by atoms with Crippen LogP contribution >= 0.6 is 11.6 Å². The van der Waals surface area contributed by atoms with Crippen LogP contribution in [0.2, 0.25) is 5.02 Å². The van der Waals surface area contributed by atoms with Crippen molar-refractivity contribution in [3.8, 4) is 0 Å². The molecule has 6 heteroatoms.